The summed E-state index contributed by atoms with van der Waals surface area (Å²) in [5.74, 6) is 1.99. The summed E-state index contributed by atoms with van der Waals surface area (Å²) >= 11 is 5.26. The highest BCUT2D eigenvalue weighted by Gasteiger charge is 2.22. The van der Waals surface area contributed by atoms with Crippen LogP contribution in [0.2, 0.25) is 0 Å². The first-order valence-electron chi connectivity index (χ1n) is 6.82. The van der Waals surface area contributed by atoms with Gasteiger partial charge in [-0.2, -0.15) is 0 Å². The summed E-state index contributed by atoms with van der Waals surface area (Å²) in [5, 5.41) is 3.38. The predicted octanol–water partition coefficient (Wildman–Crippen LogP) is 2.02. The molecule has 0 saturated carbocycles. The van der Waals surface area contributed by atoms with Crippen molar-refractivity contribution in [1.82, 2.24) is 15.3 Å². The van der Waals surface area contributed by atoms with Crippen LogP contribution in [0.25, 0.3) is 0 Å². The van der Waals surface area contributed by atoms with Crippen molar-refractivity contribution in [2.24, 2.45) is 5.92 Å². The van der Waals surface area contributed by atoms with E-state index in [2.05, 4.69) is 27.1 Å². The summed E-state index contributed by atoms with van der Waals surface area (Å²) in [6.07, 6.45) is 3.58. The minimum Gasteiger partial charge on any atom is -0.356 e. The summed E-state index contributed by atoms with van der Waals surface area (Å²) in [7, 11) is 0. The fraction of sp³-hybridized carbons (Fsp3) is 0.692. The van der Waals surface area contributed by atoms with E-state index in [1.807, 2.05) is 0 Å². The van der Waals surface area contributed by atoms with Crippen molar-refractivity contribution < 1.29 is 0 Å². The lowest BCUT2D eigenvalue weighted by atomic mass is 9.98. The van der Waals surface area contributed by atoms with Crippen LogP contribution in [0, 0.1) is 10.7 Å². The van der Waals surface area contributed by atoms with Crippen LogP contribution < -0.4 is 10.2 Å². The zero-order chi connectivity index (χ0) is 12.5. The maximum absolute atomic E-state index is 5.26. The van der Waals surface area contributed by atoms with Gasteiger partial charge in [0.15, 0.2) is 4.77 Å². The van der Waals surface area contributed by atoms with Crippen LogP contribution in [-0.4, -0.2) is 29.6 Å². The molecule has 0 atom stereocenters. The molecule has 1 aromatic rings. The maximum atomic E-state index is 5.26. The van der Waals surface area contributed by atoms with E-state index in [0.717, 1.165) is 44.3 Å². The van der Waals surface area contributed by atoms with Gasteiger partial charge >= 0.3 is 0 Å². The monoisotopic (exact) mass is 264 g/mol. The van der Waals surface area contributed by atoms with Gasteiger partial charge in [0, 0.05) is 30.9 Å². The highest BCUT2D eigenvalue weighted by molar-refractivity contribution is 7.71. The maximum Gasteiger partial charge on any atom is 0.199 e. The zero-order valence-electron chi connectivity index (χ0n) is 10.8. The number of hydrogen-bond acceptors (Lipinski definition) is 4. The van der Waals surface area contributed by atoms with Gasteiger partial charge in [-0.15, -0.1) is 0 Å². The standard InChI is InChI=1S/C13H20N4S/c1-9-3-6-17(7-4-9)12-10-2-5-14-8-11(10)15-13(18)16-12/h9,14H,2-8H2,1H3,(H,15,16,18). The Balaban J connectivity index is 1.95. The van der Waals surface area contributed by atoms with Crippen LogP contribution in [0.4, 0.5) is 5.82 Å². The molecular formula is C13H20N4S. The second kappa shape index (κ2) is 4.97. The van der Waals surface area contributed by atoms with Crippen molar-refractivity contribution in [3.63, 3.8) is 0 Å². The largest absolute Gasteiger partial charge is 0.356 e. The molecule has 0 bridgehead atoms. The third-order valence-electron chi connectivity index (χ3n) is 4.04. The molecule has 0 radical (unpaired) electrons. The lowest BCUT2D eigenvalue weighted by Gasteiger charge is -2.33. The van der Waals surface area contributed by atoms with Crippen LogP contribution in [-0.2, 0) is 13.0 Å². The van der Waals surface area contributed by atoms with E-state index in [0.29, 0.717) is 4.77 Å². The number of anilines is 1. The Kier molecular flexibility index (Phi) is 3.35. The molecule has 2 N–H and O–H groups in total. The third-order valence-corrected chi connectivity index (χ3v) is 4.23. The lowest BCUT2D eigenvalue weighted by Crippen LogP contribution is -2.36. The van der Waals surface area contributed by atoms with Gasteiger partial charge in [0.2, 0.25) is 0 Å². The van der Waals surface area contributed by atoms with Crippen LogP contribution in [0.5, 0.6) is 0 Å². The van der Waals surface area contributed by atoms with E-state index in [1.54, 1.807) is 0 Å². The summed E-state index contributed by atoms with van der Waals surface area (Å²) in [4.78, 5) is 10.2. The quantitative estimate of drug-likeness (QED) is 0.762. The van der Waals surface area contributed by atoms with Crippen LogP contribution >= 0.6 is 12.2 Å². The summed E-state index contributed by atoms with van der Waals surface area (Å²) in [6, 6.07) is 0. The van der Waals surface area contributed by atoms with Gasteiger partial charge in [0.1, 0.15) is 5.82 Å². The number of nitrogens with one attached hydrogen (secondary N) is 2. The summed E-state index contributed by atoms with van der Waals surface area (Å²) < 4.78 is 0.617. The van der Waals surface area contributed by atoms with E-state index in [9.17, 15) is 0 Å². The molecule has 2 aliphatic heterocycles. The van der Waals surface area contributed by atoms with E-state index in [4.69, 9.17) is 12.2 Å². The molecule has 1 aromatic heterocycles. The highest BCUT2D eigenvalue weighted by atomic mass is 32.1. The number of fused-ring (bicyclic) bond motifs is 1. The SMILES string of the molecule is CC1CCN(c2nc(=S)[nH]c3c2CCNC3)CC1. The van der Waals surface area contributed by atoms with Crippen LogP contribution in [0.3, 0.4) is 0 Å². The summed E-state index contributed by atoms with van der Waals surface area (Å²) in [5.41, 5.74) is 2.60. The molecule has 3 rings (SSSR count). The first-order valence-corrected chi connectivity index (χ1v) is 7.22. The van der Waals surface area contributed by atoms with E-state index >= 15 is 0 Å². The molecule has 98 valence electrons. The van der Waals surface area contributed by atoms with Crippen molar-refractivity contribution in [3.8, 4) is 0 Å². The molecular weight excluding hydrogens is 244 g/mol. The number of nitrogens with zero attached hydrogens (tertiary/aromatic N) is 2. The van der Waals surface area contributed by atoms with Gasteiger partial charge < -0.3 is 15.2 Å². The minimum atomic E-state index is 0.617. The lowest BCUT2D eigenvalue weighted by molar-refractivity contribution is 0.435. The predicted molar refractivity (Wildman–Crippen MR) is 75.4 cm³/mol. The molecule has 18 heavy (non-hydrogen) atoms. The molecule has 5 heteroatoms. The second-order valence-corrected chi connectivity index (χ2v) is 5.81. The summed E-state index contributed by atoms with van der Waals surface area (Å²) in [6.45, 7) is 6.50. The second-order valence-electron chi connectivity index (χ2n) is 5.42. The molecule has 0 aromatic carbocycles. The van der Waals surface area contributed by atoms with Crippen molar-refractivity contribution in [2.75, 3.05) is 24.5 Å². The molecule has 1 fully saturated rings. The number of rotatable bonds is 1. The molecule has 2 aliphatic rings. The minimum absolute atomic E-state index is 0.617. The molecule has 0 aliphatic carbocycles. The van der Waals surface area contributed by atoms with Crippen molar-refractivity contribution in [1.29, 1.82) is 0 Å². The Bertz CT molecular complexity index is 488. The van der Waals surface area contributed by atoms with E-state index in [-0.39, 0.29) is 0 Å². The Morgan fingerprint density at radius 3 is 2.89 bits per heavy atom. The number of aromatic nitrogens is 2. The molecule has 3 heterocycles. The molecule has 1 saturated heterocycles. The topological polar surface area (TPSA) is 44.0 Å². The van der Waals surface area contributed by atoms with Crippen LogP contribution in [0.1, 0.15) is 31.0 Å². The molecule has 0 unspecified atom stereocenters. The Hall–Kier alpha value is -0.940. The van der Waals surface area contributed by atoms with Crippen molar-refractivity contribution >= 4 is 18.0 Å². The first kappa shape index (κ1) is 12.1. The average molecular weight is 264 g/mol. The molecule has 0 amide bonds. The number of aromatic amines is 1. The van der Waals surface area contributed by atoms with Gasteiger partial charge in [0.05, 0.1) is 0 Å². The van der Waals surface area contributed by atoms with E-state index in [1.165, 1.54) is 24.1 Å². The van der Waals surface area contributed by atoms with E-state index < -0.39 is 0 Å². The fourth-order valence-electron chi connectivity index (χ4n) is 2.85. The van der Waals surface area contributed by atoms with Crippen molar-refractivity contribution in [3.05, 3.63) is 16.0 Å². The Morgan fingerprint density at radius 1 is 1.33 bits per heavy atom. The fourth-order valence-corrected chi connectivity index (χ4v) is 3.06. The Morgan fingerprint density at radius 2 is 2.11 bits per heavy atom. The Labute approximate surface area is 113 Å². The van der Waals surface area contributed by atoms with Gasteiger partial charge in [0.25, 0.3) is 0 Å². The van der Waals surface area contributed by atoms with Gasteiger partial charge in [-0.1, -0.05) is 6.92 Å². The third kappa shape index (κ3) is 2.29. The van der Waals surface area contributed by atoms with Gasteiger partial charge in [-0.3, -0.25) is 0 Å². The van der Waals surface area contributed by atoms with Crippen molar-refractivity contribution in [2.45, 2.75) is 32.7 Å². The average Bonchev–Trinajstić information content (AvgIpc) is 2.38. The zero-order valence-corrected chi connectivity index (χ0v) is 11.6. The number of hydrogen-bond donors (Lipinski definition) is 2. The number of piperidine rings is 1. The normalized spacial score (nSPS) is 20.8. The van der Waals surface area contributed by atoms with Gasteiger partial charge in [-0.25, -0.2) is 4.98 Å². The molecule has 0 spiro atoms. The van der Waals surface area contributed by atoms with Gasteiger partial charge in [-0.05, 0) is 43.9 Å². The number of H-pyrrole nitrogens is 1. The van der Waals surface area contributed by atoms with Crippen LogP contribution in [0.15, 0.2) is 0 Å². The smallest absolute Gasteiger partial charge is 0.199 e. The molecule has 4 nitrogen and oxygen atoms in total. The first-order chi connectivity index (χ1) is 8.74. The highest BCUT2D eigenvalue weighted by Crippen LogP contribution is 2.27.